The van der Waals surface area contributed by atoms with Crippen molar-refractivity contribution in [3.63, 3.8) is 0 Å². The number of fused-ring (bicyclic) bond motifs is 1. The van der Waals surface area contributed by atoms with Gasteiger partial charge in [0.15, 0.2) is 0 Å². The number of esters is 1. The van der Waals surface area contributed by atoms with Gasteiger partial charge >= 0.3 is 5.97 Å². The van der Waals surface area contributed by atoms with Crippen LogP contribution in [0.25, 0.3) is 0 Å². The maximum absolute atomic E-state index is 14.2. The van der Waals surface area contributed by atoms with Crippen molar-refractivity contribution < 1.29 is 28.2 Å². The Hall–Kier alpha value is -2.94. The topological polar surface area (TPSA) is 91.7 Å². The van der Waals surface area contributed by atoms with E-state index in [0.717, 1.165) is 30.7 Å². The van der Waals surface area contributed by atoms with Crippen molar-refractivity contribution in [3.8, 4) is 5.75 Å². The van der Waals surface area contributed by atoms with Gasteiger partial charge in [-0.3, -0.25) is 9.48 Å². The molecule has 1 atom stereocenters. The number of aromatic nitrogens is 2. The molecule has 1 amide bonds. The van der Waals surface area contributed by atoms with Crippen LogP contribution in [-0.4, -0.2) is 55.1 Å². The molecular formula is C25H32FN3O5. The fraction of sp³-hybridized carbons (Fsp3) is 0.560. The second-order valence-corrected chi connectivity index (χ2v) is 9.30. The first-order valence-corrected chi connectivity index (χ1v) is 11.8. The van der Waals surface area contributed by atoms with Crippen LogP contribution in [0, 0.1) is 17.2 Å². The molecule has 0 radical (unpaired) electrons. The van der Waals surface area contributed by atoms with Crippen LogP contribution < -0.4 is 10.1 Å². The van der Waals surface area contributed by atoms with E-state index in [9.17, 15) is 14.0 Å². The zero-order valence-electron chi connectivity index (χ0n) is 20.0. The Morgan fingerprint density at radius 1 is 1.35 bits per heavy atom. The van der Waals surface area contributed by atoms with Crippen LogP contribution in [0.1, 0.15) is 58.8 Å². The highest BCUT2D eigenvalue weighted by Gasteiger charge is 2.39. The molecule has 0 bridgehead atoms. The first kappa shape index (κ1) is 24.2. The van der Waals surface area contributed by atoms with Gasteiger partial charge in [-0.1, -0.05) is 19.9 Å². The van der Waals surface area contributed by atoms with E-state index in [1.807, 2.05) is 18.5 Å². The highest BCUT2D eigenvalue weighted by Crippen LogP contribution is 2.37. The normalized spacial score (nSPS) is 18.1. The van der Waals surface area contributed by atoms with Crippen LogP contribution in [0.2, 0.25) is 0 Å². The Labute approximate surface area is 198 Å². The van der Waals surface area contributed by atoms with Gasteiger partial charge in [0, 0.05) is 32.2 Å². The molecule has 2 aromatic rings. The third-order valence-electron chi connectivity index (χ3n) is 6.79. The van der Waals surface area contributed by atoms with Crippen molar-refractivity contribution in [2.24, 2.45) is 11.3 Å². The van der Waals surface area contributed by atoms with E-state index in [2.05, 4.69) is 5.32 Å². The number of nitrogens with zero attached hydrogens (tertiary/aromatic N) is 2. The van der Waals surface area contributed by atoms with E-state index in [4.69, 9.17) is 19.3 Å². The smallest absolute Gasteiger partial charge is 0.344 e. The second kappa shape index (κ2) is 10.1. The summed E-state index contributed by atoms with van der Waals surface area (Å²) in [5.41, 5.74) is 2.13. The predicted octanol–water partition coefficient (Wildman–Crippen LogP) is 3.17. The number of hydrogen-bond acceptors (Lipinski definition) is 6. The fourth-order valence-electron chi connectivity index (χ4n) is 4.83. The molecule has 0 unspecified atom stereocenters. The predicted molar refractivity (Wildman–Crippen MR) is 123 cm³/mol. The number of methoxy groups -OCH3 is 1. The number of carbonyl (C=O) groups is 2. The number of aryl methyl sites for hydroxylation is 1. The van der Waals surface area contributed by atoms with Crippen molar-refractivity contribution in [3.05, 3.63) is 46.5 Å². The number of rotatable bonds is 7. The van der Waals surface area contributed by atoms with Crippen molar-refractivity contribution in [1.82, 2.24) is 15.1 Å². The summed E-state index contributed by atoms with van der Waals surface area (Å²) in [6, 6.07) is 4.19. The summed E-state index contributed by atoms with van der Waals surface area (Å²) < 4.78 is 32.2. The lowest BCUT2D eigenvalue weighted by Gasteiger charge is -2.36. The molecule has 3 heterocycles. The van der Waals surface area contributed by atoms with E-state index < -0.39 is 11.8 Å². The summed E-state index contributed by atoms with van der Waals surface area (Å²) >= 11 is 0. The second-order valence-electron chi connectivity index (χ2n) is 9.30. The molecule has 4 rings (SSSR count). The summed E-state index contributed by atoms with van der Waals surface area (Å²) in [4.78, 5) is 25.5. The molecule has 0 aliphatic carbocycles. The van der Waals surface area contributed by atoms with Gasteiger partial charge in [-0.15, -0.1) is 0 Å². The Balaban J connectivity index is 1.51. The standard InChI is InChI=1S/C25H32FN3O5/c1-4-18-22-19(12-25(15-27-23(22)30)8-10-33-11-9-25)29(28-18)13-16(2)14-34-24(31)21-17(26)6-5-7-20(21)32-3/h5-7,16H,4,8-15H2,1-3H3,(H,27,30)/t16-/m1/s1. The average molecular weight is 474 g/mol. The lowest BCUT2D eigenvalue weighted by Crippen LogP contribution is -2.41. The van der Waals surface area contributed by atoms with Crippen LogP contribution in [0.4, 0.5) is 4.39 Å². The van der Waals surface area contributed by atoms with Gasteiger partial charge in [-0.2, -0.15) is 5.10 Å². The van der Waals surface area contributed by atoms with Gasteiger partial charge in [-0.05, 0) is 43.2 Å². The van der Waals surface area contributed by atoms with Crippen molar-refractivity contribution in [2.75, 3.05) is 33.5 Å². The van der Waals surface area contributed by atoms with E-state index in [-0.39, 0.29) is 35.2 Å². The lowest BCUT2D eigenvalue weighted by atomic mass is 9.76. The van der Waals surface area contributed by atoms with Gasteiger partial charge in [0.25, 0.3) is 5.91 Å². The van der Waals surface area contributed by atoms with Crippen LogP contribution >= 0.6 is 0 Å². The molecule has 1 aromatic carbocycles. The first-order chi connectivity index (χ1) is 16.4. The molecule has 1 aromatic heterocycles. The number of hydrogen-bond donors (Lipinski definition) is 1. The third-order valence-corrected chi connectivity index (χ3v) is 6.79. The summed E-state index contributed by atoms with van der Waals surface area (Å²) in [7, 11) is 1.38. The SMILES string of the molecule is CCc1nn(C[C@@H](C)COC(=O)c2c(F)cccc2OC)c2c1C(=O)NCC1(CCOCC1)C2. The zero-order valence-corrected chi connectivity index (χ0v) is 20.0. The molecule has 34 heavy (non-hydrogen) atoms. The molecule has 184 valence electrons. The molecular weight excluding hydrogens is 441 g/mol. The van der Waals surface area contributed by atoms with Gasteiger partial charge < -0.3 is 19.5 Å². The lowest BCUT2D eigenvalue weighted by molar-refractivity contribution is 0.0151. The monoisotopic (exact) mass is 473 g/mol. The van der Waals surface area contributed by atoms with E-state index in [0.29, 0.717) is 38.3 Å². The minimum atomic E-state index is -0.768. The van der Waals surface area contributed by atoms with Crippen molar-refractivity contribution >= 4 is 11.9 Å². The number of amides is 1. The molecule has 1 spiro atoms. The molecule has 1 fully saturated rings. The highest BCUT2D eigenvalue weighted by atomic mass is 19.1. The minimum Gasteiger partial charge on any atom is -0.496 e. The van der Waals surface area contributed by atoms with Crippen molar-refractivity contribution in [1.29, 1.82) is 0 Å². The van der Waals surface area contributed by atoms with E-state index in [1.165, 1.54) is 25.3 Å². The molecule has 2 aliphatic rings. The molecule has 1 N–H and O–H groups in total. The molecule has 1 saturated heterocycles. The maximum Gasteiger partial charge on any atom is 0.344 e. The molecule has 0 saturated carbocycles. The van der Waals surface area contributed by atoms with Gasteiger partial charge in [0.2, 0.25) is 0 Å². The van der Waals surface area contributed by atoms with Crippen LogP contribution in [0.3, 0.4) is 0 Å². The Kier molecular flexibility index (Phi) is 7.21. The summed E-state index contributed by atoms with van der Waals surface area (Å²) in [6.07, 6.45) is 3.17. The summed E-state index contributed by atoms with van der Waals surface area (Å²) in [6.45, 7) is 6.48. The summed E-state index contributed by atoms with van der Waals surface area (Å²) in [5, 5.41) is 7.86. The Morgan fingerprint density at radius 3 is 2.82 bits per heavy atom. The van der Waals surface area contributed by atoms with Gasteiger partial charge in [0.05, 0.1) is 30.7 Å². The van der Waals surface area contributed by atoms with Gasteiger partial charge in [0.1, 0.15) is 17.1 Å². The largest absolute Gasteiger partial charge is 0.496 e. The number of nitrogens with one attached hydrogen (secondary N) is 1. The molecule has 8 nitrogen and oxygen atoms in total. The zero-order chi connectivity index (χ0) is 24.3. The average Bonchev–Trinajstić information content (AvgIpc) is 3.10. The van der Waals surface area contributed by atoms with Crippen LogP contribution in [-0.2, 0) is 28.9 Å². The Morgan fingerprint density at radius 2 is 2.12 bits per heavy atom. The van der Waals surface area contributed by atoms with Crippen LogP contribution in [0.15, 0.2) is 18.2 Å². The molecule has 9 heteroatoms. The van der Waals surface area contributed by atoms with E-state index in [1.54, 1.807) is 0 Å². The maximum atomic E-state index is 14.2. The summed E-state index contributed by atoms with van der Waals surface area (Å²) in [5.74, 6) is -1.50. The number of ether oxygens (including phenoxy) is 3. The first-order valence-electron chi connectivity index (χ1n) is 11.8. The molecule has 2 aliphatic heterocycles. The fourth-order valence-corrected chi connectivity index (χ4v) is 4.83. The highest BCUT2D eigenvalue weighted by molar-refractivity contribution is 5.97. The van der Waals surface area contributed by atoms with E-state index >= 15 is 0 Å². The minimum absolute atomic E-state index is 0.0426. The Bertz CT molecular complexity index is 1060. The third kappa shape index (κ3) is 4.80. The number of carbonyl (C=O) groups excluding carboxylic acids is 2. The number of halogens is 1. The number of benzene rings is 1. The van der Waals surface area contributed by atoms with Crippen LogP contribution in [0.5, 0.6) is 5.75 Å². The quantitative estimate of drug-likeness (QED) is 0.621. The van der Waals surface area contributed by atoms with Crippen molar-refractivity contribution in [2.45, 2.75) is 46.1 Å². The van der Waals surface area contributed by atoms with Gasteiger partial charge in [-0.25, -0.2) is 9.18 Å².